The van der Waals surface area contributed by atoms with E-state index in [2.05, 4.69) is 50.4 Å². The number of rotatable bonds is 6. The van der Waals surface area contributed by atoms with Gasteiger partial charge in [-0.1, -0.05) is 45.0 Å². The molecule has 2 N–H and O–H groups in total. The van der Waals surface area contributed by atoms with Crippen LogP contribution in [0.5, 0.6) is 0 Å². The molecule has 1 atom stereocenters. The van der Waals surface area contributed by atoms with Gasteiger partial charge in [-0.25, -0.2) is 0 Å². The van der Waals surface area contributed by atoms with Gasteiger partial charge < -0.3 is 10.4 Å². The Bertz CT molecular complexity index is 286. The van der Waals surface area contributed by atoms with Gasteiger partial charge >= 0.3 is 0 Å². The molecule has 0 aliphatic carbocycles. The summed E-state index contributed by atoms with van der Waals surface area (Å²) in [7, 11) is 0. The van der Waals surface area contributed by atoms with Crippen molar-refractivity contribution in [1.82, 2.24) is 5.32 Å². The topological polar surface area (TPSA) is 32.3 Å². The van der Waals surface area contributed by atoms with Crippen LogP contribution in [0.2, 0.25) is 0 Å². The summed E-state index contributed by atoms with van der Waals surface area (Å²) in [6, 6.07) is 8.97. The molecule has 0 saturated heterocycles. The summed E-state index contributed by atoms with van der Waals surface area (Å²) in [5, 5.41) is 12.4. The van der Waals surface area contributed by atoms with Crippen LogP contribution < -0.4 is 5.32 Å². The van der Waals surface area contributed by atoms with E-state index in [-0.39, 0.29) is 12.6 Å². The van der Waals surface area contributed by atoms with Gasteiger partial charge in [0.1, 0.15) is 0 Å². The van der Waals surface area contributed by atoms with Gasteiger partial charge in [-0.3, -0.25) is 0 Å². The molecular weight excluding hydrogens is 198 g/mol. The van der Waals surface area contributed by atoms with Crippen LogP contribution in [0.1, 0.15) is 50.3 Å². The second-order valence-corrected chi connectivity index (χ2v) is 4.44. The molecule has 0 fully saturated rings. The fourth-order valence-corrected chi connectivity index (χ4v) is 1.88. The number of aliphatic hydroxyl groups excluding tert-OH is 1. The molecule has 0 aliphatic heterocycles. The van der Waals surface area contributed by atoms with Crippen LogP contribution >= 0.6 is 0 Å². The first-order chi connectivity index (χ1) is 7.69. The summed E-state index contributed by atoms with van der Waals surface area (Å²) in [5.74, 6) is 0.574. The van der Waals surface area contributed by atoms with Crippen LogP contribution in [-0.2, 0) is 0 Å². The lowest BCUT2D eigenvalue weighted by atomic mass is 9.98. The van der Waals surface area contributed by atoms with E-state index in [1.165, 1.54) is 11.1 Å². The van der Waals surface area contributed by atoms with E-state index < -0.39 is 0 Å². The number of hydrogen-bond acceptors (Lipinski definition) is 2. The molecule has 0 radical (unpaired) electrons. The van der Waals surface area contributed by atoms with Crippen LogP contribution in [0.3, 0.4) is 0 Å². The Morgan fingerprint density at radius 1 is 1.12 bits per heavy atom. The number of hydrogen-bond donors (Lipinski definition) is 2. The van der Waals surface area contributed by atoms with Crippen LogP contribution in [0.15, 0.2) is 24.3 Å². The lowest BCUT2D eigenvalue weighted by Gasteiger charge is -2.18. The Morgan fingerprint density at radius 3 is 2.12 bits per heavy atom. The van der Waals surface area contributed by atoms with E-state index in [0.717, 1.165) is 13.0 Å². The minimum absolute atomic E-state index is 0.226. The van der Waals surface area contributed by atoms with Crippen LogP contribution in [-0.4, -0.2) is 18.3 Å². The minimum Gasteiger partial charge on any atom is -0.396 e. The first-order valence-corrected chi connectivity index (χ1v) is 6.13. The van der Waals surface area contributed by atoms with Crippen molar-refractivity contribution < 1.29 is 5.11 Å². The van der Waals surface area contributed by atoms with Crippen LogP contribution in [0, 0.1) is 0 Å². The van der Waals surface area contributed by atoms with Crippen molar-refractivity contribution in [3.05, 3.63) is 35.4 Å². The Hall–Kier alpha value is -0.860. The molecule has 0 saturated carbocycles. The lowest BCUT2D eigenvalue weighted by molar-refractivity contribution is 0.266. The SMILES string of the molecule is CCNC(CCO)c1ccc(C(C)C)cc1. The molecule has 0 aromatic heterocycles. The zero-order chi connectivity index (χ0) is 12.0. The summed E-state index contributed by atoms with van der Waals surface area (Å²) < 4.78 is 0. The van der Waals surface area contributed by atoms with Gasteiger partial charge in [-0.05, 0) is 30.0 Å². The maximum atomic E-state index is 9.03. The maximum Gasteiger partial charge on any atom is 0.0449 e. The number of benzene rings is 1. The summed E-state index contributed by atoms with van der Waals surface area (Å²) in [4.78, 5) is 0. The molecule has 1 aromatic carbocycles. The zero-order valence-corrected chi connectivity index (χ0v) is 10.5. The van der Waals surface area contributed by atoms with Crippen molar-refractivity contribution in [2.75, 3.05) is 13.2 Å². The Kier molecular flexibility index (Phi) is 5.50. The molecule has 0 heterocycles. The fraction of sp³-hybridized carbons (Fsp3) is 0.571. The second-order valence-electron chi connectivity index (χ2n) is 4.44. The highest BCUT2D eigenvalue weighted by Gasteiger charge is 2.09. The van der Waals surface area contributed by atoms with E-state index in [4.69, 9.17) is 5.11 Å². The summed E-state index contributed by atoms with van der Waals surface area (Å²) >= 11 is 0. The third kappa shape index (κ3) is 3.62. The average molecular weight is 221 g/mol. The van der Waals surface area contributed by atoms with Crippen LogP contribution in [0.4, 0.5) is 0 Å². The standard InChI is InChI=1S/C14H23NO/c1-4-15-14(9-10-16)13-7-5-12(6-8-13)11(2)3/h5-8,11,14-16H,4,9-10H2,1-3H3. The van der Waals surface area contributed by atoms with Crippen molar-refractivity contribution in [1.29, 1.82) is 0 Å². The highest BCUT2D eigenvalue weighted by molar-refractivity contribution is 5.26. The Morgan fingerprint density at radius 2 is 1.69 bits per heavy atom. The molecule has 0 spiro atoms. The third-order valence-electron chi connectivity index (χ3n) is 2.87. The average Bonchev–Trinajstić information content (AvgIpc) is 2.29. The van der Waals surface area contributed by atoms with Gasteiger partial charge in [0.25, 0.3) is 0 Å². The maximum absolute atomic E-state index is 9.03. The first kappa shape index (κ1) is 13.2. The summed E-state index contributed by atoms with van der Waals surface area (Å²) in [6.07, 6.45) is 0.773. The molecule has 1 rings (SSSR count). The molecule has 0 amide bonds. The Labute approximate surface area is 98.7 Å². The predicted molar refractivity (Wildman–Crippen MR) is 68.7 cm³/mol. The minimum atomic E-state index is 0.226. The molecule has 2 heteroatoms. The second kappa shape index (κ2) is 6.66. The largest absolute Gasteiger partial charge is 0.396 e. The monoisotopic (exact) mass is 221 g/mol. The van der Waals surface area contributed by atoms with E-state index in [0.29, 0.717) is 5.92 Å². The van der Waals surface area contributed by atoms with Crippen molar-refractivity contribution in [2.45, 2.75) is 39.2 Å². The van der Waals surface area contributed by atoms with Gasteiger partial charge in [0.15, 0.2) is 0 Å². The predicted octanol–water partition coefficient (Wildman–Crippen LogP) is 2.84. The fourth-order valence-electron chi connectivity index (χ4n) is 1.88. The quantitative estimate of drug-likeness (QED) is 0.774. The van der Waals surface area contributed by atoms with E-state index >= 15 is 0 Å². The molecular formula is C14H23NO. The highest BCUT2D eigenvalue weighted by atomic mass is 16.3. The lowest BCUT2D eigenvalue weighted by Crippen LogP contribution is -2.21. The smallest absolute Gasteiger partial charge is 0.0449 e. The van der Waals surface area contributed by atoms with Gasteiger partial charge in [-0.2, -0.15) is 0 Å². The molecule has 16 heavy (non-hydrogen) atoms. The highest BCUT2D eigenvalue weighted by Crippen LogP contribution is 2.20. The van der Waals surface area contributed by atoms with Crippen molar-refractivity contribution in [3.8, 4) is 0 Å². The molecule has 0 aliphatic rings. The third-order valence-corrected chi connectivity index (χ3v) is 2.87. The van der Waals surface area contributed by atoms with E-state index in [9.17, 15) is 0 Å². The van der Waals surface area contributed by atoms with Gasteiger partial charge in [-0.15, -0.1) is 0 Å². The van der Waals surface area contributed by atoms with Gasteiger partial charge in [0.05, 0.1) is 0 Å². The number of aliphatic hydroxyl groups is 1. The van der Waals surface area contributed by atoms with Crippen LogP contribution in [0.25, 0.3) is 0 Å². The first-order valence-electron chi connectivity index (χ1n) is 6.13. The van der Waals surface area contributed by atoms with Gasteiger partial charge in [0, 0.05) is 12.6 Å². The number of nitrogens with one attached hydrogen (secondary N) is 1. The Balaban J connectivity index is 2.76. The van der Waals surface area contributed by atoms with Crippen molar-refractivity contribution in [3.63, 3.8) is 0 Å². The molecule has 1 aromatic rings. The zero-order valence-electron chi connectivity index (χ0n) is 10.5. The van der Waals surface area contributed by atoms with Crippen molar-refractivity contribution in [2.24, 2.45) is 0 Å². The summed E-state index contributed by atoms with van der Waals surface area (Å²) in [5.41, 5.74) is 2.63. The van der Waals surface area contributed by atoms with Crippen molar-refractivity contribution >= 4 is 0 Å². The molecule has 90 valence electrons. The summed E-state index contributed by atoms with van der Waals surface area (Å²) in [6.45, 7) is 7.64. The van der Waals surface area contributed by atoms with E-state index in [1.54, 1.807) is 0 Å². The normalized spacial score (nSPS) is 13.1. The molecule has 2 nitrogen and oxygen atoms in total. The molecule has 0 bridgehead atoms. The molecule has 1 unspecified atom stereocenters. The van der Waals surface area contributed by atoms with Gasteiger partial charge in [0.2, 0.25) is 0 Å². The van der Waals surface area contributed by atoms with E-state index in [1.807, 2.05) is 0 Å².